The van der Waals surface area contributed by atoms with Crippen molar-refractivity contribution < 1.29 is 25.3 Å². The van der Waals surface area contributed by atoms with Gasteiger partial charge in [-0.1, -0.05) is 12.1 Å². The third-order valence-corrected chi connectivity index (χ3v) is 4.75. The molecular weight excluding hydrogens is 412 g/mol. The van der Waals surface area contributed by atoms with E-state index in [2.05, 4.69) is 25.5 Å². The first-order chi connectivity index (χ1) is 14.9. The largest absolute Gasteiger partial charge is 0.733 e. The van der Waals surface area contributed by atoms with Gasteiger partial charge in [0.15, 0.2) is 23.2 Å². The van der Waals surface area contributed by atoms with E-state index < -0.39 is 31.1 Å². The van der Waals surface area contributed by atoms with Gasteiger partial charge in [0, 0.05) is 0 Å². The number of nitrogens with two attached hydrogens (primary N) is 1. The molecule has 2 aromatic heterocycles. The first kappa shape index (κ1) is 20.9. The second-order valence-corrected chi connectivity index (χ2v) is 6.70. The van der Waals surface area contributed by atoms with Gasteiger partial charge in [-0.3, -0.25) is 9.77 Å². The number of hydrogen-bond acceptors (Lipinski definition) is 13. The van der Waals surface area contributed by atoms with Crippen LogP contribution in [0.15, 0.2) is 35.7 Å². The number of aliphatic hydroxyl groups is 3. The van der Waals surface area contributed by atoms with Crippen molar-refractivity contribution in [3.8, 4) is 0 Å². The Hall–Kier alpha value is -3.40. The molecule has 3 heterocycles. The molecule has 1 aliphatic rings. The molecule has 14 nitrogen and oxygen atoms in total. The van der Waals surface area contributed by atoms with E-state index >= 15 is 0 Å². The first-order valence-electron chi connectivity index (χ1n) is 9.07. The Morgan fingerprint density at radius 1 is 1.32 bits per heavy atom. The van der Waals surface area contributed by atoms with Crippen molar-refractivity contribution in [2.24, 2.45) is 5.10 Å². The Balaban J connectivity index is 1.69. The molecule has 1 saturated heterocycles. The lowest BCUT2D eigenvalue weighted by Gasteiger charge is -2.21. The van der Waals surface area contributed by atoms with Crippen molar-refractivity contribution in [3.05, 3.63) is 41.4 Å². The smallest absolute Gasteiger partial charge is 0.228 e. The average Bonchev–Trinajstić information content (AvgIpc) is 3.26. The highest BCUT2D eigenvalue weighted by atomic mass is 16.8. The van der Waals surface area contributed by atoms with Crippen LogP contribution in [0.2, 0.25) is 0 Å². The molecule has 0 radical (unpaired) electrons. The predicted molar refractivity (Wildman–Crippen MR) is 108 cm³/mol. The molecule has 164 valence electrons. The van der Waals surface area contributed by atoms with Crippen LogP contribution < -0.4 is 16.4 Å². The van der Waals surface area contributed by atoms with Gasteiger partial charge < -0.3 is 36.2 Å². The van der Waals surface area contributed by atoms with E-state index in [1.54, 1.807) is 12.1 Å². The maximum atomic E-state index is 11.0. The number of rotatable bonds is 6. The lowest BCUT2D eigenvalue weighted by Crippen LogP contribution is -2.33. The molecular formula is C17H19N8O6-. The number of benzene rings is 1. The normalized spacial score (nSPS) is 23.6. The number of nitrogens with zero attached hydrogens (tertiary/aromatic N) is 6. The van der Waals surface area contributed by atoms with Crippen LogP contribution in [0.5, 0.6) is 0 Å². The Morgan fingerprint density at radius 2 is 2.13 bits per heavy atom. The van der Waals surface area contributed by atoms with Crippen LogP contribution in [0.3, 0.4) is 0 Å². The van der Waals surface area contributed by atoms with Gasteiger partial charge in [0.2, 0.25) is 5.95 Å². The second-order valence-electron chi connectivity index (χ2n) is 6.70. The van der Waals surface area contributed by atoms with Crippen LogP contribution in [-0.2, 0) is 4.74 Å². The summed E-state index contributed by atoms with van der Waals surface area (Å²) >= 11 is 0. The quantitative estimate of drug-likeness (QED) is 0.208. The minimum atomic E-state index is -1.39. The van der Waals surface area contributed by atoms with Crippen molar-refractivity contribution in [1.82, 2.24) is 19.5 Å². The first-order valence-corrected chi connectivity index (χ1v) is 9.07. The molecule has 31 heavy (non-hydrogen) atoms. The number of nitrogen functional groups attached to an aromatic ring is 1. The Kier molecular flexibility index (Phi) is 5.64. The van der Waals surface area contributed by atoms with Gasteiger partial charge in [0.05, 0.1) is 18.5 Å². The van der Waals surface area contributed by atoms with Gasteiger partial charge in [0.25, 0.3) is 0 Å². The SMILES string of the molecule is Nc1ncnc2c1nc(NN=Cc1cccc(N([O-])O)c1)n2C1OC(CO)C(O)C1O. The number of hydrazone groups is 1. The maximum absolute atomic E-state index is 11.0. The number of ether oxygens (including phenoxy) is 1. The van der Waals surface area contributed by atoms with Crippen LogP contribution in [0, 0.1) is 5.21 Å². The van der Waals surface area contributed by atoms with Crippen LogP contribution in [0.25, 0.3) is 11.2 Å². The van der Waals surface area contributed by atoms with Gasteiger partial charge in [-0.25, -0.2) is 20.4 Å². The highest BCUT2D eigenvalue weighted by Gasteiger charge is 2.45. The molecule has 1 aromatic carbocycles. The fraction of sp³-hybridized carbons (Fsp3) is 0.294. The monoisotopic (exact) mass is 431 g/mol. The summed E-state index contributed by atoms with van der Waals surface area (Å²) in [7, 11) is 0. The number of aliphatic hydroxyl groups excluding tert-OH is 3. The molecule has 7 N–H and O–H groups in total. The molecule has 3 aromatic rings. The van der Waals surface area contributed by atoms with Crippen molar-refractivity contribution in [3.63, 3.8) is 0 Å². The maximum Gasteiger partial charge on any atom is 0.228 e. The zero-order valence-electron chi connectivity index (χ0n) is 15.8. The number of hydrogen-bond donors (Lipinski definition) is 6. The second kappa shape index (κ2) is 8.38. The molecule has 0 amide bonds. The summed E-state index contributed by atoms with van der Waals surface area (Å²) in [5.41, 5.74) is 9.49. The number of fused-ring (bicyclic) bond motifs is 1. The average molecular weight is 431 g/mol. The molecule has 4 unspecified atom stereocenters. The van der Waals surface area contributed by atoms with Gasteiger partial charge in [-0.05, 0) is 17.7 Å². The zero-order valence-corrected chi connectivity index (χ0v) is 15.8. The lowest BCUT2D eigenvalue weighted by atomic mass is 10.1. The van der Waals surface area contributed by atoms with Crippen LogP contribution in [0.1, 0.15) is 11.8 Å². The van der Waals surface area contributed by atoms with Gasteiger partial charge in [0.1, 0.15) is 24.6 Å². The number of imidazole rings is 1. The number of aromatic nitrogens is 4. The topological polar surface area (TPSA) is 210 Å². The van der Waals surface area contributed by atoms with E-state index in [4.69, 9.17) is 15.7 Å². The van der Waals surface area contributed by atoms with Crippen molar-refractivity contribution >= 4 is 34.8 Å². The van der Waals surface area contributed by atoms with E-state index in [0.717, 1.165) is 0 Å². The summed E-state index contributed by atoms with van der Waals surface area (Å²) in [6.07, 6.45) is -2.30. The van der Waals surface area contributed by atoms with Gasteiger partial charge in [-0.2, -0.15) is 5.10 Å². The summed E-state index contributed by atoms with van der Waals surface area (Å²) in [5, 5.41) is 53.7. The van der Waals surface area contributed by atoms with Gasteiger partial charge in [-0.15, -0.1) is 0 Å². The lowest BCUT2D eigenvalue weighted by molar-refractivity contribution is -0.0501. The minimum Gasteiger partial charge on any atom is -0.733 e. The Labute approximate surface area is 174 Å². The molecule has 0 spiro atoms. The third kappa shape index (κ3) is 3.86. The van der Waals surface area contributed by atoms with Crippen LogP contribution >= 0.6 is 0 Å². The van der Waals surface area contributed by atoms with Gasteiger partial charge >= 0.3 is 0 Å². The number of anilines is 3. The number of nitrogens with one attached hydrogen (secondary N) is 1. The summed E-state index contributed by atoms with van der Waals surface area (Å²) in [6.45, 7) is -0.503. The summed E-state index contributed by atoms with van der Waals surface area (Å²) in [4.78, 5) is 12.3. The minimum absolute atomic E-state index is 0.0192. The third-order valence-electron chi connectivity index (χ3n) is 4.75. The Morgan fingerprint density at radius 3 is 2.84 bits per heavy atom. The highest BCUT2D eigenvalue weighted by molar-refractivity contribution is 5.85. The van der Waals surface area contributed by atoms with E-state index in [1.807, 2.05) is 0 Å². The van der Waals surface area contributed by atoms with Crippen LogP contribution in [0.4, 0.5) is 17.5 Å². The van der Waals surface area contributed by atoms with E-state index in [9.17, 15) is 20.5 Å². The predicted octanol–water partition coefficient (Wildman–Crippen LogP) is -0.841. The molecule has 4 atom stereocenters. The van der Waals surface area contributed by atoms with E-state index in [1.165, 1.54) is 29.2 Å². The van der Waals surface area contributed by atoms with Crippen molar-refractivity contribution in [2.75, 3.05) is 23.0 Å². The molecule has 14 heteroatoms. The van der Waals surface area contributed by atoms with Crippen molar-refractivity contribution in [1.29, 1.82) is 0 Å². The molecule has 0 bridgehead atoms. The van der Waals surface area contributed by atoms with E-state index in [-0.39, 0.29) is 33.8 Å². The summed E-state index contributed by atoms with van der Waals surface area (Å²) in [5.74, 6) is 0.144. The summed E-state index contributed by atoms with van der Waals surface area (Å²) in [6, 6.07) is 6.02. The molecule has 0 saturated carbocycles. The Bertz CT molecular complexity index is 1110. The highest BCUT2D eigenvalue weighted by Crippen LogP contribution is 2.35. The molecule has 0 aliphatic carbocycles. The van der Waals surface area contributed by atoms with E-state index in [0.29, 0.717) is 5.56 Å². The molecule has 1 fully saturated rings. The standard InChI is InChI=1S/C17H19N8O6/c18-14-11-15(20-7-19-14)24(16-13(28)12(27)10(6-26)31-16)17(22-11)23-21-5-8-2-1-3-9(4-8)25(29)30/h1-5,7,10,12-13,16,26-29H,6H2,(H,22,23)(H2,18,19,20)/q-1. The molecule has 1 aliphatic heterocycles. The van der Waals surface area contributed by atoms with Crippen molar-refractivity contribution in [2.45, 2.75) is 24.5 Å². The van der Waals surface area contributed by atoms with Crippen LogP contribution in [-0.4, -0.2) is 71.2 Å². The fourth-order valence-electron chi connectivity index (χ4n) is 3.23. The zero-order chi connectivity index (χ0) is 22.1. The fourth-order valence-corrected chi connectivity index (χ4v) is 3.23. The molecule has 4 rings (SSSR count). The summed E-state index contributed by atoms with van der Waals surface area (Å²) < 4.78 is 6.93.